The summed E-state index contributed by atoms with van der Waals surface area (Å²) in [4.78, 5) is 0. The van der Waals surface area contributed by atoms with E-state index in [-0.39, 0.29) is 15.8 Å². The number of hydrogen-bond acceptors (Lipinski definition) is 2. The molecule has 2 heterocycles. The van der Waals surface area contributed by atoms with E-state index in [1.807, 2.05) is 5.56 Å². The van der Waals surface area contributed by atoms with Gasteiger partial charge in [0.05, 0.1) is 0 Å². The average Bonchev–Trinajstić information content (AvgIpc) is 3.65. The zero-order valence-electron chi connectivity index (χ0n) is 25.0. The molecule has 0 spiro atoms. The third kappa shape index (κ3) is 4.54. The molecule has 0 aromatic heterocycles. The lowest BCUT2D eigenvalue weighted by molar-refractivity contribution is 0.0184. The van der Waals surface area contributed by atoms with E-state index < -0.39 is 0 Å². The monoisotopic (exact) mass is 576 g/mol. The van der Waals surface area contributed by atoms with Crippen molar-refractivity contribution >= 4 is 15.8 Å². The Bertz CT molecular complexity index is 957. The maximum absolute atomic E-state index is 3.98. The third-order valence-corrected chi connectivity index (χ3v) is 21.1. The third-order valence-electron chi connectivity index (χ3n) is 13.8. The van der Waals surface area contributed by atoms with Crippen LogP contribution in [0.15, 0.2) is 24.3 Å². The SMILES string of the molecule is c1ccc(CP(C23CC4CC(CC(C4)C2)C3)C23CC4CC(CC(C4)C2)C3)c(CP(C2CCCN2)C2CCCN2)c1. The molecule has 40 heavy (non-hydrogen) atoms. The number of rotatable bonds is 8. The van der Waals surface area contributed by atoms with E-state index in [0.29, 0.717) is 0 Å². The van der Waals surface area contributed by atoms with Crippen LogP contribution in [0, 0.1) is 35.5 Å². The molecule has 0 radical (unpaired) electrons. The summed E-state index contributed by atoms with van der Waals surface area (Å²) in [6.07, 6.45) is 27.9. The summed E-state index contributed by atoms with van der Waals surface area (Å²) >= 11 is 0. The summed E-state index contributed by atoms with van der Waals surface area (Å²) in [7, 11) is -0.0203. The van der Waals surface area contributed by atoms with Crippen molar-refractivity contribution in [1.82, 2.24) is 10.6 Å². The van der Waals surface area contributed by atoms with Crippen LogP contribution in [-0.4, -0.2) is 35.0 Å². The van der Waals surface area contributed by atoms with Crippen LogP contribution in [0.3, 0.4) is 0 Å². The van der Waals surface area contributed by atoms with Gasteiger partial charge in [-0.2, -0.15) is 0 Å². The Kier molecular flexibility index (Phi) is 6.79. The molecule has 218 valence electrons. The highest BCUT2D eigenvalue weighted by molar-refractivity contribution is 7.60. The van der Waals surface area contributed by atoms with Gasteiger partial charge < -0.3 is 10.6 Å². The Morgan fingerprint density at radius 2 is 0.975 bits per heavy atom. The van der Waals surface area contributed by atoms with E-state index in [1.165, 1.54) is 51.1 Å². The zero-order chi connectivity index (χ0) is 26.3. The van der Waals surface area contributed by atoms with Gasteiger partial charge in [0.15, 0.2) is 0 Å². The molecule has 8 aliphatic carbocycles. The second-order valence-corrected chi connectivity index (χ2v) is 22.2. The second kappa shape index (κ2) is 10.3. The lowest BCUT2D eigenvalue weighted by atomic mass is 9.55. The van der Waals surface area contributed by atoms with Crippen LogP contribution < -0.4 is 10.6 Å². The van der Waals surface area contributed by atoms with Gasteiger partial charge in [0.25, 0.3) is 0 Å². The summed E-state index contributed by atoms with van der Waals surface area (Å²) in [5.74, 6) is 8.12. The van der Waals surface area contributed by atoms with Gasteiger partial charge >= 0.3 is 0 Å². The Morgan fingerprint density at radius 3 is 1.35 bits per heavy atom. The molecule has 1 aromatic rings. The Hall–Kier alpha value is -0.0000000000000000555. The van der Waals surface area contributed by atoms with Crippen molar-refractivity contribution in [2.45, 2.75) is 137 Å². The van der Waals surface area contributed by atoms with Crippen molar-refractivity contribution in [3.8, 4) is 0 Å². The minimum absolute atomic E-state index is 0.0292. The van der Waals surface area contributed by atoms with Gasteiger partial charge in [-0.15, -0.1) is 0 Å². The molecule has 2 atom stereocenters. The van der Waals surface area contributed by atoms with Gasteiger partial charge in [0.1, 0.15) is 0 Å². The Balaban J connectivity index is 1.08. The van der Waals surface area contributed by atoms with E-state index in [1.54, 1.807) is 82.6 Å². The van der Waals surface area contributed by atoms with Crippen LogP contribution in [0.25, 0.3) is 0 Å². The number of hydrogen-bond donors (Lipinski definition) is 2. The van der Waals surface area contributed by atoms with Crippen LogP contribution >= 0.6 is 15.8 Å². The van der Waals surface area contributed by atoms with Crippen LogP contribution in [0.4, 0.5) is 0 Å². The van der Waals surface area contributed by atoms with Crippen LogP contribution in [0.1, 0.15) is 114 Å². The predicted octanol–water partition coefficient (Wildman–Crippen LogP) is 9.01. The maximum Gasteiger partial charge on any atom is 0.0286 e. The first kappa shape index (κ1) is 26.4. The minimum Gasteiger partial charge on any atom is -0.310 e. The largest absolute Gasteiger partial charge is 0.310 e. The highest BCUT2D eigenvalue weighted by atomic mass is 31.1. The molecule has 8 bridgehead atoms. The van der Waals surface area contributed by atoms with E-state index >= 15 is 0 Å². The molecule has 8 saturated carbocycles. The predicted molar refractivity (Wildman–Crippen MR) is 172 cm³/mol. The van der Waals surface area contributed by atoms with Crippen LogP contribution in [-0.2, 0) is 12.3 Å². The van der Waals surface area contributed by atoms with E-state index in [4.69, 9.17) is 0 Å². The molecule has 4 heteroatoms. The Labute approximate surface area is 246 Å². The molecule has 0 amide bonds. The summed E-state index contributed by atoms with van der Waals surface area (Å²) in [6.45, 7) is 2.50. The Morgan fingerprint density at radius 1 is 0.575 bits per heavy atom. The highest BCUT2D eigenvalue weighted by Crippen LogP contribution is 2.79. The van der Waals surface area contributed by atoms with E-state index in [2.05, 4.69) is 34.9 Å². The highest BCUT2D eigenvalue weighted by Gasteiger charge is 2.62. The van der Waals surface area contributed by atoms with E-state index in [9.17, 15) is 0 Å². The average molecular weight is 577 g/mol. The fraction of sp³-hybridized carbons (Fsp3) is 0.833. The van der Waals surface area contributed by atoms with Crippen molar-refractivity contribution in [2.75, 3.05) is 13.1 Å². The molecule has 2 nitrogen and oxygen atoms in total. The molecule has 2 unspecified atom stereocenters. The fourth-order valence-electron chi connectivity index (χ4n) is 13.2. The van der Waals surface area contributed by atoms with Gasteiger partial charge in [-0.3, -0.25) is 0 Å². The van der Waals surface area contributed by atoms with Crippen molar-refractivity contribution in [2.24, 2.45) is 35.5 Å². The summed E-state index contributed by atoms with van der Waals surface area (Å²) < 4.78 is 0. The fourth-order valence-corrected chi connectivity index (χ4v) is 21.7. The summed E-state index contributed by atoms with van der Waals surface area (Å²) in [5.41, 5.74) is 3.60. The van der Waals surface area contributed by atoms with Gasteiger partial charge in [0, 0.05) is 11.6 Å². The van der Waals surface area contributed by atoms with Crippen LogP contribution in [0.2, 0.25) is 0 Å². The molecule has 11 rings (SSSR count). The second-order valence-electron chi connectivity index (χ2n) is 16.5. The summed E-state index contributed by atoms with van der Waals surface area (Å²) in [6, 6.07) is 10.1. The minimum atomic E-state index is -0.0495. The lowest BCUT2D eigenvalue weighted by Crippen LogP contribution is -2.56. The van der Waals surface area contributed by atoms with Gasteiger partial charge in [-0.05, 0) is 185 Å². The normalized spacial score (nSPS) is 48.2. The zero-order valence-corrected chi connectivity index (χ0v) is 26.8. The first-order valence-corrected chi connectivity index (χ1v) is 20.9. The molecule has 10 fully saturated rings. The number of benzene rings is 1. The van der Waals surface area contributed by atoms with Gasteiger partial charge in [-0.1, -0.05) is 40.1 Å². The lowest BCUT2D eigenvalue weighted by Gasteiger charge is -2.67. The first-order chi connectivity index (χ1) is 19.6. The van der Waals surface area contributed by atoms with Crippen molar-refractivity contribution in [3.05, 3.63) is 35.4 Å². The topological polar surface area (TPSA) is 24.1 Å². The smallest absolute Gasteiger partial charge is 0.0286 e. The maximum atomic E-state index is 3.98. The molecule has 2 aliphatic heterocycles. The van der Waals surface area contributed by atoms with Gasteiger partial charge in [0.2, 0.25) is 0 Å². The molecular weight excluding hydrogens is 522 g/mol. The molecule has 10 aliphatic rings. The molecule has 1 aromatic carbocycles. The molecule has 2 saturated heterocycles. The molecular formula is C36H54N2P2. The van der Waals surface area contributed by atoms with Crippen molar-refractivity contribution < 1.29 is 0 Å². The standard InChI is InChI=1S/C36H54N2P2/c1-2-6-32(31(5-1)23-39(33-7-3-9-37-33)34-8-4-10-38-34)24-40(35-17-25-11-26(18-35)13-27(12-25)19-35)36-20-28-14-29(21-36)16-30(15-28)22-36/h1-2,5-6,25-30,33-34,37-38H,3-4,7-24H2. The van der Waals surface area contributed by atoms with Crippen molar-refractivity contribution in [1.29, 1.82) is 0 Å². The first-order valence-electron chi connectivity index (χ1n) is 17.7. The molecule has 2 N–H and O–H groups in total. The number of nitrogens with one attached hydrogen (secondary N) is 2. The quantitative estimate of drug-likeness (QED) is 0.302. The summed E-state index contributed by atoms with van der Waals surface area (Å²) in [5, 5.41) is 9.46. The van der Waals surface area contributed by atoms with Crippen molar-refractivity contribution in [3.63, 3.8) is 0 Å². The van der Waals surface area contributed by atoms with E-state index in [0.717, 1.165) is 57.4 Å². The van der Waals surface area contributed by atoms with Crippen LogP contribution in [0.5, 0.6) is 0 Å². The van der Waals surface area contributed by atoms with Gasteiger partial charge in [-0.25, -0.2) is 0 Å².